The first-order chi connectivity index (χ1) is 13.5. The number of benzene rings is 2. The molecule has 1 N–H and O–H groups in total. The topological polar surface area (TPSA) is 59.3 Å². The summed E-state index contributed by atoms with van der Waals surface area (Å²) in [6, 6.07) is 11.5. The Kier molecular flexibility index (Phi) is 4.28. The number of terminal acetylenes is 1. The number of hydrogen-bond acceptors (Lipinski definition) is 3. The van der Waals surface area contributed by atoms with Crippen molar-refractivity contribution < 1.29 is 9.18 Å². The van der Waals surface area contributed by atoms with Crippen molar-refractivity contribution in [1.29, 1.82) is 0 Å². The zero-order valence-electron chi connectivity index (χ0n) is 15.4. The Morgan fingerprint density at radius 1 is 1.25 bits per heavy atom. The fraction of sp³-hybridized carbons (Fsp3) is 0.136. The molecule has 28 heavy (non-hydrogen) atoms. The largest absolute Gasteiger partial charge is 0.354 e. The highest BCUT2D eigenvalue weighted by Crippen LogP contribution is 2.33. The van der Waals surface area contributed by atoms with Crippen LogP contribution in [0.5, 0.6) is 0 Å². The van der Waals surface area contributed by atoms with Crippen LogP contribution >= 0.6 is 0 Å². The molecule has 0 fully saturated rings. The van der Waals surface area contributed by atoms with Crippen molar-refractivity contribution in [2.75, 3.05) is 7.05 Å². The molecular weight excluding hydrogens is 355 g/mol. The first-order valence-corrected chi connectivity index (χ1v) is 8.78. The Morgan fingerprint density at radius 3 is 2.75 bits per heavy atom. The predicted octanol–water partition coefficient (Wildman–Crippen LogP) is 3.26. The second-order valence-electron chi connectivity index (χ2n) is 6.44. The van der Waals surface area contributed by atoms with E-state index >= 15 is 0 Å². The summed E-state index contributed by atoms with van der Waals surface area (Å²) >= 11 is 0. The van der Waals surface area contributed by atoms with Crippen LogP contribution in [-0.2, 0) is 0 Å². The van der Waals surface area contributed by atoms with Crippen molar-refractivity contribution >= 4 is 11.6 Å². The number of hydrogen-bond donors (Lipinski definition) is 1. The van der Waals surface area contributed by atoms with E-state index in [1.165, 1.54) is 6.07 Å². The van der Waals surface area contributed by atoms with Crippen molar-refractivity contribution in [3.63, 3.8) is 0 Å². The third-order valence-electron chi connectivity index (χ3n) is 4.77. The summed E-state index contributed by atoms with van der Waals surface area (Å²) in [7, 11) is 1.55. The molecule has 1 aliphatic heterocycles. The summed E-state index contributed by atoms with van der Waals surface area (Å²) in [5.74, 6) is 1.94. The summed E-state index contributed by atoms with van der Waals surface area (Å²) in [5.41, 5.74) is 3.88. The summed E-state index contributed by atoms with van der Waals surface area (Å²) in [5, 5.41) is 2.60. The number of aliphatic imine (C=N–C) groups is 1. The molecule has 2 heterocycles. The standard InChI is InChI=1S/C22H17FN4O/c1-4-14-9-10-18-16(11-14)19(15-7-5-6-8-17(15)23)26-13(2)21-20(22(28)24-3)25-12-27(18)21/h1,5-13H,2-3H3,(H,24,28)/t13-/m0/s1. The molecule has 0 bridgehead atoms. The fourth-order valence-corrected chi connectivity index (χ4v) is 3.46. The average Bonchev–Trinajstić information content (AvgIpc) is 3.12. The van der Waals surface area contributed by atoms with Crippen LogP contribution in [0, 0.1) is 18.2 Å². The molecule has 1 aliphatic rings. The van der Waals surface area contributed by atoms with E-state index in [1.807, 2.05) is 23.6 Å². The van der Waals surface area contributed by atoms with Crippen molar-refractivity contribution in [3.8, 4) is 18.0 Å². The van der Waals surface area contributed by atoms with Gasteiger partial charge in [0.2, 0.25) is 0 Å². The summed E-state index contributed by atoms with van der Waals surface area (Å²) < 4.78 is 16.4. The lowest BCUT2D eigenvalue weighted by molar-refractivity contribution is 0.0957. The molecule has 5 nitrogen and oxygen atoms in total. The zero-order chi connectivity index (χ0) is 19.8. The van der Waals surface area contributed by atoms with E-state index in [4.69, 9.17) is 11.4 Å². The van der Waals surface area contributed by atoms with Gasteiger partial charge in [-0.15, -0.1) is 6.42 Å². The maximum Gasteiger partial charge on any atom is 0.271 e. The Bertz CT molecular complexity index is 1170. The summed E-state index contributed by atoms with van der Waals surface area (Å²) in [6.07, 6.45) is 7.17. The highest BCUT2D eigenvalue weighted by atomic mass is 19.1. The SMILES string of the molecule is C#Cc1ccc2c(c1)C(c1ccccc1F)=N[C@@H](C)c1c(C(=O)NC)ncn1-2. The minimum atomic E-state index is -0.425. The number of fused-ring (bicyclic) bond motifs is 3. The second-order valence-corrected chi connectivity index (χ2v) is 6.44. The second kappa shape index (κ2) is 6.78. The van der Waals surface area contributed by atoms with E-state index in [0.717, 1.165) is 5.69 Å². The molecule has 4 rings (SSSR count). The zero-order valence-corrected chi connectivity index (χ0v) is 15.4. The Hall–Kier alpha value is -3.72. The molecule has 2 aromatic carbocycles. The van der Waals surface area contributed by atoms with Crippen molar-refractivity contribution in [2.45, 2.75) is 13.0 Å². The number of imidazole rings is 1. The molecule has 0 spiro atoms. The molecule has 138 valence electrons. The third kappa shape index (κ3) is 2.69. The van der Waals surface area contributed by atoms with Gasteiger partial charge in [-0.05, 0) is 37.3 Å². The lowest BCUT2D eigenvalue weighted by Crippen LogP contribution is -2.20. The molecule has 1 amide bonds. The van der Waals surface area contributed by atoms with Crippen LogP contribution in [0.3, 0.4) is 0 Å². The van der Waals surface area contributed by atoms with Gasteiger partial charge >= 0.3 is 0 Å². The van der Waals surface area contributed by atoms with E-state index in [0.29, 0.717) is 33.8 Å². The first kappa shape index (κ1) is 17.7. The van der Waals surface area contributed by atoms with Gasteiger partial charge in [0.1, 0.15) is 12.1 Å². The number of carbonyl (C=O) groups excluding carboxylic acids is 1. The number of carbonyl (C=O) groups is 1. The smallest absolute Gasteiger partial charge is 0.271 e. The van der Waals surface area contributed by atoms with Crippen molar-refractivity contribution in [3.05, 3.63) is 82.7 Å². The number of amides is 1. The monoisotopic (exact) mass is 372 g/mol. The van der Waals surface area contributed by atoms with E-state index < -0.39 is 6.04 Å². The minimum Gasteiger partial charge on any atom is -0.354 e. The van der Waals surface area contributed by atoms with Crippen LogP contribution in [0.15, 0.2) is 53.8 Å². The minimum absolute atomic E-state index is 0.292. The quantitative estimate of drug-likeness (QED) is 0.702. The first-order valence-electron chi connectivity index (χ1n) is 8.78. The molecule has 0 radical (unpaired) electrons. The third-order valence-corrected chi connectivity index (χ3v) is 4.77. The molecular formula is C22H17FN4O. The molecule has 0 saturated carbocycles. The van der Waals surface area contributed by atoms with Gasteiger partial charge in [-0.25, -0.2) is 9.37 Å². The summed E-state index contributed by atoms with van der Waals surface area (Å²) in [4.78, 5) is 21.4. The fourth-order valence-electron chi connectivity index (χ4n) is 3.46. The van der Waals surface area contributed by atoms with E-state index in [2.05, 4.69) is 16.2 Å². The van der Waals surface area contributed by atoms with E-state index in [-0.39, 0.29) is 11.7 Å². The molecule has 1 atom stereocenters. The lowest BCUT2D eigenvalue weighted by Gasteiger charge is -2.13. The molecule has 6 heteroatoms. The molecule has 0 saturated heterocycles. The Labute approximate surface area is 162 Å². The number of rotatable bonds is 2. The highest BCUT2D eigenvalue weighted by molar-refractivity contribution is 6.15. The van der Waals surface area contributed by atoms with Gasteiger partial charge in [-0.1, -0.05) is 18.1 Å². The molecule has 1 aromatic heterocycles. The van der Waals surface area contributed by atoms with Crippen LogP contribution in [0.2, 0.25) is 0 Å². The van der Waals surface area contributed by atoms with Crippen LogP contribution in [-0.4, -0.2) is 28.2 Å². The number of halogens is 1. The van der Waals surface area contributed by atoms with Crippen molar-refractivity contribution in [1.82, 2.24) is 14.9 Å². The maximum absolute atomic E-state index is 14.6. The molecule has 3 aromatic rings. The van der Waals surface area contributed by atoms with Gasteiger partial charge in [0.05, 0.1) is 23.1 Å². The average molecular weight is 372 g/mol. The predicted molar refractivity (Wildman–Crippen MR) is 105 cm³/mol. The van der Waals surface area contributed by atoms with Gasteiger partial charge in [0.15, 0.2) is 5.69 Å². The normalized spacial score (nSPS) is 14.9. The van der Waals surface area contributed by atoms with Gasteiger partial charge in [0.25, 0.3) is 5.91 Å². The van der Waals surface area contributed by atoms with Gasteiger partial charge in [-0.3, -0.25) is 14.4 Å². The van der Waals surface area contributed by atoms with E-state index in [1.54, 1.807) is 37.6 Å². The molecule has 0 aliphatic carbocycles. The van der Waals surface area contributed by atoms with Crippen LogP contribution in [0.1, 0.15) is 45.8 Å². The maximum atomic E-state index is 14.6. The van der Waals surface area contributed by atoms with Gasteiger partial charge in [0, 0.05) is 23.7 Å². The number of nitrogens with zero attached hydrogens (tertiary/aromatic N) is 3. The van der Waals surface area contributed by atoms with Crippen LogP contribution in [0.25, 0.3) is 5.69 Å². The Morgan fingerprint density at radius 2 is 2.04 bits per heavy atom. The summed E-state index contributed by atoms with van der Waals surface area (Å²) in [6.45, 7) is 1.86. The number of aromatic nitrogens is 2. The van der Waals surface area contributed by atoms with Gasteiger partial charge in [-0.2, -0.15) is 0 Å². The van der Waals surface area contributed by atoms with Crippen molar-refractivity contribution in [2.24, 2.45) is 4.99 Å². The van der Waals surface area contributed by atoms with E-state index in [9.17, 15) is 9.18 Å². The van der Waals surface area contributed by atoms with Crippen LogP contribution in [0.4, 0.5) is 4.39 Å². The van der Waals surface area contributed by atoms with Crippen LogP contribution < -0.4 is 5.32 Å². The number of nitrogens with one attached hydrogen (secondary N) is 1. The lowest BCUT2D eigenvalue weighted by atomic mass is 9.98. The highest BCUT2D eigenvalue weighted by Gasteiger charge is 2.29. The van der Waals surface area contributed by atoms with Gasteiger partial charge < -0.3 is 5.32 Å². The molecule has 0 unspecified atom stereocenters. The Balaban J connectivity index is 2.05.